The standard InChI is InChI=1S/C6H8N2O/c1-5-3-2-4-9-6(5)8-7/h2-3,7H,4H2,1H3. The summed E-state index contributed by atoms with van der Waals surface area (Å²) in [5.74, 6) is 0.428. The van der Waals surface area contributed by atoms with Crippen LogP contribution in [0.2, 0.25) is 0 Å². The highest BCUT2D eigenvalue weighted by Gasteiger charge is 2.01. The van der Waals surface area contributed by atoms with Crippen molar-refractivity contribution in [3.05, 3.63) is 23.6 Å². The van der Waals surface area contributed by atoms with E-state index < -0.39 is 0 Å². The molecule has 0 saturated carbocycles. The van der Waals surface area contributed by atoms with E-state index in [1.807, 2.05) is 19.1 Å². The fraction of sp³-hybridized carbons (Fsp3) is 0.333. The number of nitrogens with zero attached hydrogens (tertiary/aromatic N) is 1. The molecule has 3 heteroatoms. The molecule has 0 bridgehead atoms. The van der Waals surface area contributed by atoms with E-state index in [0.717, 1.165) is 5.57 Å². The van der Waals surface area contributed by atoms with E-state index in [9.17, 15) is 0 Å². The number of ether oxygens (including phenoxy) is 1. The third-order valence-corrected chi connectivity index (χ3v) is 1.12. The molecular formula is C6H8N2O. The van der Waals surface area contributed by atoms with E-state index in [1.165, 1.54) is 0 Å². The molecule has 0 atom stereocenters. The van der Waals surface area contributed by atoms with Crippen molar-refractivity contribution < 1.29 is 4.74 Å². The number of allylic oxidation sites excluding steroid dienone is 2. The largest absolute Gasteiger partial charge is 0.472 e. The summed E-state index contributed by atoms with van der Waals surface area (Å²) in [6.07, 6.45) is 3.79. The van der Waals surface area contributed by atoms with Gasteiger partial charge < -0.3 is 4.74 Å². The minimum Gasteiger partial charge on any atom is -0.472 e. The van der Waals surface area contributed by atoms with Crippen LogP contribution in [-0.2, 0) is 4.74 Å². The molecule has 0 aliphatic carbocycles. The maximum absolute atomic E-state index is 6.64. The third-order valence-electron chi connectivity index (χ3n) is 1.12. The Bertz CT molecular complexity index is 181. The first-order valence-corrected chi connectivity index (χ1v) is 2.72. The van der Waals surface area contributed by atoms with Crippen molar-refractivity contribution in [2.24, 2.45) is 5.11 Å². The zero-order valence-electron chi connectivity index (χ0n) is 5.22. The number of hydrogen-bond donors (Lipinski definition) is 1. The van der Waals surface area contributed by atoms with Crippen molar-refractivity contribution in [1.82, 2.24) is 0 Å². The van der Waals surface area contributed by atoms with Gasteiger partial charge in [-0.2, -0.15) is 0 Å². The van der Waals surface area contributed by atoms with Gasteiger partial charge in [0.25, 0.3) is 0 Å². The molecule has 9 heavy (non-hydrogen) atoms. The highest BCUT2D eigenvalue weighted by molar-refractivity contribution is 5.21. The predicted octanol–water partition coefficient (Wildman–Crippen LogP) is 1.84. The molecule has 0 aromatic carbocycles. The van der Waals surface area contributed by atoms with Crippen molar-refractivity contribution in [3.8, 4) is 0 Å². The summed E-state index contributed by atoms with van der Waals surface area (Å²) in [5, 5.41) is 3.18. The van der Waals surface area contributed by atoms with Crippen LogP contribution in [0.5, 0.6) is 0 Å². The predicted molar refractivity (Wildman–Crippen MR) is 32.9 cm³/mol. The SMILES string of the molecule is CC1=C(N=N)OCC=C1. The summed E-state index contributed by atoms with van der Waals surface area (Å²) in [7, 11) is 0. The molecule has 0 aromatic rings. The molecule has 0 spiro atoms. The Balaban J connectivity index is 2.84. The van der Waals surface area contributed by atoms with Gasteiger partial charge in [-0.1, -0.05) is 6.08 Å². The van der Waals surface area contributed by atoms with Crippen LogP contribution >= 0.6 is 0 Å². The number of nitrogens with one attached hydrogen (secondary N) is 1. The second kappa shape index (κ2) is 2.44. The molecule has 0 saturated heterocycles. The molecule has 0 aromatic heterocycles. The average molecular weight is 124 g/mol. The lowest BCUT2D eigenvalue weighted by molar-refractivity contribution is 0.232. The highest BCUT2D eigenvalue weighted by Crippen LogP contribution is 2.12. The molecule has 1 aliphatic rings. The molecule has 1 N–H and O–H groups in total. The Labute approximate surface area is 53.5 Å². The molecule has 0 amide bonds. The summed E-state index contributed by atoms with van der Waals surface area (Å²) in [6.45, 7) is 2.40. The Hall–Kier alpha value is -1.12. The minimum atomic E-state index is 0.428. The lowest BCUT2D eigenvalue weighted by Gasteiger charge is -2.07. The van der Waals surface area contributed by atoms with Crippen LogP contribution in [0.25, 0.3) is 0 Å². The molecule has 3 nitrogen and oxygen atoms in total. The van der Waals surface area contributed by atoms with E-state index >= 15 is 0 Å². The molecule has 0 radical (unpaired) electrons. The van der Waals surface area contributed by atoms with Crippen molar-refractivity contribution >= 4 is 0 Å². The monoisotopic (exact) mass is 124 g/mol. The molecule has 1 rings (SSSR count). The molecule has 0 unspecified atom stereocenters. The van der Waals surface area contributed by atoms with E-state index in [1.54, 1.807) is 0 Å². The van der Waals surface area contributed by atoms with Crippen LogP contribution in [-0.4, -0.2) is 6.61 Å². The smallest absolute Gasteiger partial charge is 0.235 e. The minimum absolute atomic E-state index is 0.428. The molecule has 0 fully saturated rings. The zero-order chi connectivity index (χ0) is 6.69. The van der Waals surface area contributed by atoms with E-state index in [0.29, 0.717) is 12.5 Å². The Morgan fingerprint density at radius 2 is 2.56 bits per heavy atom. The summed E-state index contributed by atoms with van der Waals surface area (Å²) >= 11 is 0. The molecule has 48 valence electrons. The zero-order valence-corrected chi connectivity index (χ0v) is 5.22. The van der Waals surface area contributed by atoms with Gasteiger partial charge >= 0.3 is 0 Å². The van der Waals surface area contributed by atoms with Crippen LogP contribution in [0, 0.1) is 5.53 Å². The van der Waals surface area contributed by atoms with Crippen molar-refractivity contribution in [1.29, 1.82) is 5.53 Å². The van der Waals surface area contributed by atoms with Crippen molar-refractivity contribution in [2.45, 2.75) is 6.92 Å². The topological polar surface area (TPSA) is 45.4 Å². The number of rotatable bonds is 1. The van der Waals surface area contributed by atoms with E-state index in [-0.39, 0.29) is 0 Å². The maximum Gasteiger partial charge on any atom is 0.235 e. The van der Waals surface area contributed by atoms with Crippen LogP contribution in [0.15, 0.2) is 28.7 Å². The maximum atomic E-state index is 6.64. The van der Waals surface area contributed by atoms with Gasteiger partial charge in [0.2, 0.25) is 5.88 Å². The summed E-state index contributed by atoms with van der Waals surface area (Å²) in [4.78, 5) is 0. The van der Waals surface area contributed by atoms with Crippen LogP contribution < -0.4 is 0 Å². The van der Waals surface area contributed by atoms with Gasteiger partial charge in [-0.15, -0.1) is 5.11 Å². The summed E-state index contributed by atoms with van der Waals surface area (Å²) < 4.78 is 4.98. The second-order valence-corrected chi connectivity index (χ2v) is 1.81. The molecular weight excluding hydrogens is 116 g/mol. The van der Waals surface area contributed by atoms with Gasteiger partial charge in [0, 0.05) is 5.57 Å². The van der Waals surface area contributed by atoms with Gasteiger partial charge in [0.1, 0.15) is 6.61 Å². The quantitative estimate of drug-likeness (QED) is 0.532. The van der Waals surface area contributed by atoms with Gasteiger partial charge in [0.15, 0.2) is 0 Å². The lowest BCUT2D eigenvalue weighted by Crippen LogP contribution is -1.96. The first-order chi connectivity index (χ1) is 4.34. The Kier molecular flexibility index (Phi) is 1.63. The molecule has 1 aliphatic heterocycles. The van der Waals surface area contributed by atoms with Crippen LogP contribution in [0.1, 0.15) is 6.92 Å². The first kappa shape index (κ1) is 6.01. The van der Waals surface area contributed by atoms with Gasteiger partial charge in [-0.05, 0) is 13.0 Å². The second-order valence-electron chi connectivity index (χ2n) is 1.81. The molecule has 1 heterocycles. The van der Waals surface area contributed by atoms with E-state index in [4.69, 9.17) is 10.3 Å². The van der Waals surface area contributed by atoms with Crippen LogP contribution in [0.4, 0.5) is 0 Å². The normalized spacial score (nSPS) is 17.4. The Morgan fingerprint density at radius 3 is 3.00 bits per heavy atom. The fourth-order valence-electron chi connectivity index (χ4n) is 0.658. The summed E-state index contributed by atoms with van der Waals surface area (Å²) in [5.41, 5.74) is 7.55. The van der Waals surface area contributed by atoms with Crippen molar-refractivity contribution in [3.63, 3.8) is 0 Å². The highest BCUT2D eigenvalue weighted by atomic mass is 16.5. The van der Waals surface area contributed by atoms with Gasteiger partial charge in [-0.25, -0.2) is 5.53 Å². The van der Waals surface area contributed by atoms with E-state index in [2.05, 4.69) is 5.11 Å². The fourth-order valence-corrected chi connectivity index (χ4v) is 0.658. The Morgan fingerprint density at radius 1 is 1.78 bits per heavy atom. The van der Waals surface area contributed by atoms with Gasteiger partial charge in [-0.3, -0.25) is 0 Å². The number of hydrogen-bond acceptors (Lipinski definition) is 3. The first-order valence-electron chi connectivity index (χ1n) is 2.72. The van der Waals surface area contributed by atoms with Gasteiger partial charge in [0.05, 0.1) is 0 Å². The summed E-state index contributed by atoms with van der Waals surface area (Å²) in [6, 6.07) is 0. The van der Waals surface area contributed by atoms with Crippen molar-refractivity contribution in [2.75, 3.05) is 6.61 Å². The average Bonchev–Trinajstić information content (AvgIpc) is 1.89. The van der Waals surface area contributed by atoms with Crippen LogP contribution in [0.3, 0.4) is 0 Å². The third kappa shape index (κ3) is 1.16. The lowest BCUT2D eigenvalue weighted by atomic mass is 10.2.